The molecule has 0 spiro atoms. The quantitative estimate of drug-likeness (QED) is 0.466. The highest BCUT2D eigenvalue weighted by molar-refractivity contribution is 7.71. The summed E-state index contributed by atoms with van der Waals surface area (Å²) in [6, 6.07) is 8.89. The lowest BCUT2D eigenvalue weighted by Gasteiger charge is -2.13. The summed E-state index contributed by atoms with van der Waals surface area (Å²) in [6.07, 6.45) is 1.75. The van der Waals surface area contributed by atoms with Crippen LogP contribution in [0.2, 0.25) is 0 Å². The summed E-state index contributed by atoms with van der Waals surface area (Å²) in [6.45, 7) is 3.95. The second-order valence-electron chi connectivity index (χ2n) is 6.80. The molecule has 0 radical (unpaired) electrons. The first-order valence-corrected chi connectivity index (χ1v) is 8.92. The summed E-state index contributed by atoms with van der Waals surface area (Å²) in [5, 5.41) is 27.7. The highest BCUT2D eigenvalue weighted by atomic mass is 32.1. The van der Waals surface area contributed by atoms with E-state index in [1.807, 2.05) is 43.7 Å². The van der Waals surface area contributed by atoms with Crippen LogP contribution in [-0.2, 0) is 7.05 Å². The van der Waals surface area contributed by atoms with Crippen molar-refractivity contribution < 1.29 is 10.2 Å². The third-order valence-corrected chi connectivity index (χ3v) is 4.92. The van der Waals surface area contributed by atoms with E-state index in [1.165, 1.54) is 6.07 Å². The smallest absolute Gasteiger partial charge is 0.200 e. The van der Waals surface area contributed by atoms with Crippen molar-refractivity contribution in [3.8, 4) is 28.6 Å². The van der Waals surface area contributed by atoms with Crippen molar-refractivity contribution in [3.05, 3.63) is 47.0 Å². The lowest BCUT2D eigenvalue weighted by atomic mass is 9.98. The minimum Gasteiger partial charge on any atom is -0.508 e. The molecule has 2 aromatic heterocycles. The number of imidazole rings is 1. The monoisotopic (exact) mass is 381 g/mol. The summed E-state index contributed by atoms with van der Waals surface area (Å²) >= 11 is 5.43. The molecule has 0 amide bonds. The summed E-state index contributed by atoms with van der Waals surface area (Å²) < 4.78 is 4.10. The van der Waals surface area contributed by atoms with Gasteiger partial charge < -0.3 is 14.8 Å². The van der Waals surface area contributed by atoms with Crippen molar-refractivity contribution in [2.45, 2.75) is 19.8 Å². The van der Waals surface area contributed by atoms with Gasteiger partial charge in [-0.05, 0) is 48.0 Å². The van der Waals surface area contributed by atoms with Crippen LogP contribution in [0.25, 0.3) is 28.1 Å². The molecule has 0 aliphatic rings. The van der Waals surface area contributed by atoms with Gasteiger partial charge in [0.25, 0.3) is 0 Å². The van der Waals surface area contributed by atoms with E-state index in [2.05, 4.69) is 15.2 Å². The lowest BCUT2D eigenvalue weighted by Crippen LogP contribution is -2.00. The predicted molar refractivity (Wildman–Crippen MR) is 106 cm³/mol. The first kappa shape index (κ1) is 17.3. The van der Waals surface area contributed by atoms with Crippen molar-refractivity contribution in [2.24, 2.45) is 7.05 Å². The number of aromatic amines is 1. The van der Waals surface area contributed by atoms with Gasteiger partial charge in [-0.15, -0.1) is 0 Å². The van der Waals surface area contributed by atoms with Crippen molar-refractivity contribution in [1.82, 2.24) is 24.3 Å². The number of nitrogens with one attached hydrogen (secondary N) is 1. The zero-order valence-corrected chi connectivity index (χ0v) is 15.9. The van der Waals surface area contributed by atoms with Crippen molar-refractivity contribution in [3.63, 3.8) is 0 Å². The Morgan fingerprint density at radius 3 is 2.63 bits per heavy atom. The first-order chi connectivity index (χ1) is 12.9. The molecule has 8 heteroatoms. The van der Waals surface area contributed by atoms with E-state index >= 15 is 0 Å². The van der Waals surface area contributed by atoms with Gasteiger partial charge in [-0.3, -0.25) is 9.67 Å². The number of benzene rings is 2. The normalized spacial score (nSPS) is 11.6. The predicted octanol–water partition coefficient (Wildman–Crippen LogP) is 4.02. The minimum absolute atomic E-state index is 0.0586. The number of aryl methyl sites for hydroxylation is 1. The van der Waals surface area contributed by atoms with E-state index in [-0.39, 0.29) is 17.4 Å². The molecular weight excluding hydrogens is 362 g/mol. The maximum Gasteiger partial charge on any atom is 0.200 e. The van der Waals surface area contributed by atoms with E-state index in [1.54, 1.807) is 17.0 Å². The second kappa shape index (κ2) is 6.24. The van der Waals surface area contributed by atoms with Gasteiger partial charge in [-0.1, -0.05) is 13.8 Å². The molecule has 0 unspecified atom stereocenters. The number of H-pyrrole nitrogens is 1. The topological polar surface area (TPSA) is 91.9 Å². The number of aromatic hydroxyl groups is 2. The molecule has 27 heavy (non-hydrogen) atoms. The number of rotatable bonds is 3. The molecule has 138 valence electrons. The molecule has 0 saturated carbocycles. The molecule has 0 fully saturated rings. The SMILES string of the molecule is CC(C)c1cc(-c2n[nH]c(=S)n2-c2ccc3ncn(C)c3c2)c(O)cc1O. The molecule has 0 aliphatic heterocycles. The summed E-state index contributed by atoms with van der Waals surface area (Å²) in [7, 11) is 1.93. The maximum absolute atomic E-state index is 10.4. The number of hydrogen-bond donors (Lipinski definition) is 3. The molecule has 3 N–H and O–H groups in total. The first-order valence-electron chi connectivity index (χ1n) is 8.52. The Kier molecular flexibility index (Phi) is 4.00. The molecule has 7 nitrogen and oxygen atoms in total. The van der Waals surface area contributed by atoms with Crippen LogP contribution in [0.15, 0.2) is 36.7 Å². The fraction of sp³-hybridized carbons (Fsp3) is 0.211. The van der Waals surface area contributed by atoms with Gasteiger partial charge >= 0.3 is 0 Å². The van der Waals surface area contributed by atoms with Crippen molar-refractivity contribution >= 4 is 23.3 Å². The van der Waals surface area contributed by atoms with E-state index in [4.69, 9.17) is 12.2 Å². The van der Waals surface area contributed by atoms with Crippen LogP contribution in [0.3, 0.4) is 0 Å². The number of fused-ring (bicyclic) bond motifs is 1. The fourth-order valence-corrected chi connectivity index (χ4v) is 3.44. The minimum atomic E-state index is -0.0613. The second-order valence-corrected chi connectivity index (χ2v) is 7.19. The van der Waals surface area contributed by atoms with Crippen molar-refractivity contribution in [2.75, 3.05) is 0 Å². The highest BCUT2D eigenvalue weighted by Crippen LogP contribution is 2.38. The largest absolute Gasteiger partial charge is 0.508 e. The van der Waals surface area contributed by atoms with Gasteiger partial charge in [0.15, 0.2) is 10.6 Å². The van der Waals surface area contributed by atoms with Gasteiger partial charge in [-0.25, -0.2) is 4.98 Å². The lowest BCUT2D eigenvalue weighted by molar-refractivity contribution is 0.444. The van der Waals surface area contributed by atoms with Gasteiger partial charge in [0.2, 0.25) is 0 Å². The number of phenolic OH excluding ortho intramolecular Hbond substituents is 2. The Morgan fingerprint density at radius 1 is 1.11 bits per heavy atom. The van der Waals surface area contributed by atoms with Gasteiger partial charge in [-0.2, -0.15) is 5.10 Å². The van der Waals surface area contributed by atoms with Gasteiger partial charge in [0.05, 0.1) is 28.6 Å². The van der Waals surface area contributed by atoms with Crippen LogP contribution < -0.4 is 0 Å². The van der Waals surface area contributed by atoms with Gasteiger partial charge in [0.1, 0.15) is 11.5 Å². The number of nitrogens with zero attached hydrogens (tertiary/aromatic N) is 4. The third kappa shape index (κ3) is 2.78. The molecule has 0 saturated heterocycles. The maximum atomic E-state index is 10.4. The fourth-order valence-electron chi connectivity index (χ4n) is 3.21. The summed E-state index contributed by atoms with van der Waals surface area (Å²) in [5.74, 6) is 0.559. The summed E-state index contributed by atoms with van der Waals surface area (Å²) in [4.78, 5) is 4.33. The number of aromatic nitrogens is 5. The van der Waals surface area contributed by atoms with Crippen LogP contribution in [0.4, 0.5) is 0 Å². The molecular formula is C19H19N5O2S. The van der Waals surface area contributed by atoms with E-state index in [0.717, 1.165) is 22.3 Å². The third-order valence-electron chi connectivity index (χ3n) is 4.65. The Hall–Kier alpha value is -3.13. The molecule has 2 heterocycles. The molecule has 2 aromatic carbocycles. The number of phenols is 2. The average molecular weight is 381 g/mol. The molecule has 4 aromatic rings. The van der Waals surface area contributed by atoms with Crippen molar-refractivity contribution in [1.29, 1.82) is 0 Å². The van der Waals surface area contributed by atoms with Crippen LogP contribution in [-0.4, -0.2) is 34.5 Å². The Morgan fingerprint density at radius 2 is 1.89 bits per heavy atom. The molecule has 0 bridgehead atoms. The van der Waals surface area contributed by atoms with Crippen LogP contribution in [0, 0.1) is 4.77 Å². The molecule has 4 rings (SSSR count). The Labute approximate surface area is 160 Å². The Bertz CT molecular complexity index is 1220. The number of hydrogen-bond acceptors (Lipinski definition) is 5. The van der Waals surface area contributed by atoms with Crippen LogP contribution in [0.1, 0.15) is 25.3 Å². The molecule has 0 aliphatic carbocycles. The van der Waals surface area contributed by atoms with Crippen LogP contribution in [0.5, 0.6) is 11.5 Å². The molecule has 0 atom stereocenters. The van der Waals surface area contributed by atoms with E-state index < -0.39 is 0 Å². The Balaban J connectivity index is 1.96. The standard InChI is InChI=1S/C19H19N5O2S/c1-10(2)12-7-13(17(26)8-16(12)25)18-21-22-19(27)24(18)11-4-5-14-15(6-11)23(3)9-20-14/h4-10,25-26H,1-3H3,(H,22,27). The zero-order chi connectivity index (χ0) is 19.3. The zero-order valence-electron chi connectivity index (χ0n) is 15.1. The highest BCUT2D eigenvalue weighted by Gasteiger charge is 2.19. The van der Waals surface area contributed by atoms with E-state index in [9.17, 15) is 10.2 Å². The van der Waals surface area contributed by atoms with Crippen LogP contribution >= 0.6 is 12.2 Å². The van der Waals surface area contributed by atoms with Gasteiger partial charge in [0, 0.05) is 13.1 Å². The summed E-state index contributed by atoms with van der Waals surface area (Å²) in [5.41, 5.74) is 3.87. The average Bonchev–Trinajstić information content (AvgIpc) is 3.17. The van der Waals surface area contributed by atoms with E-state index in [0.29, 0.717) is 16.2 Å².